The van der Waals surface area contributed by atoms with E-state index in [2.05, 4.69) is 5.32 Å². The second-order valence-electron chi connectivity index (χ2n) is 9.14. The average molecular weight is 556 g/mol. The van der Waals surface area contributed by atoms with Crippen molar-refractivity contribution in [3.8, 4) is 5.75 Å². The number of nitrogens with one attached hydrogen (secondary N) is 1. The molecular weight excluding hydrogens is 521 g/mol. The van der Waals surface area contributed by atoms with Crippen LogP contribution in [0.1, 0.15) is 32.8 Å². The van der Waals surface area contributed by atoms with Gasteiger partial charge in [-0.05, 0) is 62.2 Å². The molecule has 0 aromatic heterocycles. The number of rotatable bonds is 12. The van der Waals surface area contributed by atoms with Gasteiger partial charge >= 0.3 is 0 Å². The van der Waals surface area contributed by atoms with Crippen LogP contribution in [0.4, 0.5) is 10.1 Å². The van der Waals surface area contributed by atoms with E-state index in [-0.39, 0.29) is 29.1 Å². The molecule has 0 radical (unpaired) electrons. The van der Waals surface area contributed by atoms with Gasteiger partial charge in [-0.2, -0.15) is 0 Å². The molecular formula is C29H34FN3O5S. The summed E-state index contributed by atoms with van der Waals surface area (Å²) in [4.78, 5) is 28.1. The van der Waals surface area contributed by atoms with Crippen molar-refractivity contribution in [2.24, 2.45) is 0 Å². The third kappa shape index (κ3) is 7.35. The normalized spacial score (nSPS) is 12.7. The van der Waals surface area contributed by atoms with Crippen LogP contribution >= 0.6 is 0 Å². The molecule has 2 amide bonds. The third-order valence-corrected chi connectivity index (χ3v) is 8.16. The number of methoxy groups -OCH3 is 1. The Morgan fingerprint density at radius 3 is 2.28 bits per heavy atom. The second-order valence-corrected chi connectivity index (χ2v) is 11.0. The van der Waals surface area contributed by atoms with E-state index in [1.54, 1.807) is 49.4 Å². The summed E-state index contributed by atoms with van der Waals surface area (Å²) in [6.45, 7) is 4.64. The summed E-state index contributed by atoms with van der Waals surface area (Å²) >= 11 is 0. The lowest BCUT2D eigenvalue weighted by Crippen LogP contribution is -2.52. The molecule has 2 atom stereocenters. The number of anilines is 1. The minimum absolute atomic E-state index is 0.00161. The minimum atomic E-state index is -4.33. The Balaban J connectivity index is 2.03. The van der Waals surface area contributed by atoms with Crippen LogP contribution in [-0.4, -0.2) is 50.9 Å². The lowest BCUT2D eigenvalue weighted by Gasteiger charge is -2.32. The van der Waals surface area contributed by atoms with Gasteiger partial charge in [-0.3, -0.25) is 13.9 Å². The molecule has 208 valence electrons. The van der Waals surface area contributed by atoms with Crippen LogP contribution in [0, 0.1) is 5.82 Å². The van der Waals surface area contributed by atoms with Crippen molar-refractivity contribution in [1.82, 2.24) is 10.2 Å². The van der Waals surface area contributed by atoms with Crippen molar-refractivity contribution >= 4 is 27.5 Å². The summed E-state index contributed by atoms with van der Waals surface area (Å²) in [5.74, 6) is -1.29. The first-order chi connectivity index (χ1) is 18.6. The molecule has 3 aromatic rings. The fraction of sp³-hybridized carbons (Fsp3) is 0.310. The highest BCUT2D eigenvalue weighted by molar-refractivity contribution is 7.92. The number of sulfonamides is 1. The van der Waals surface area contributed by atoms with Gasteiger partial charge in [0.2, 0.25) is 11.8 Å². The Hall–Kier alpha value is -3.92. The van der Waals surface area contributed by atoms with Gasteiger partial charge in [0.25, 0.3) is 10.0 Å². The predicted molar refractivity (Wildman–Crippen MR) is 148 cm³/mol. The maximum atomic E-state index is 14.9. The molecule has 0 spiro atoms. The first kappa shape index (κ1) is 29.6. The van der Waals surface area contributed by atoms with Crippen molar-refractivity contribution in [2.45, 2.75) is 50.7 Å². The number of para-hydroxylation sites is 1. The molecule has 1 N–H and O–H groups in total. The summed E-state index contributed by atoms with van der Waals surface area (Å²) in [6, 6.07) is 18.8. The van der Waals surface area contributed by atoms with Gasteiger partial charge in [-0.1, -0.05) is 49.4 Å². The Morgan fingerprint density at radius 2 is 1.64 bits per heavy atom. The zero-order chi connectivity index (χ0) is 28.6. The quantitative estimate of drug-likeness (QED) is 0.358. The van der Waals surface area contributed by atoms with E-state index >= 15 is 0 Å². The highest BCUT2D eigenvalue weighted by Gasteiger charge is 2.33. The van der Waals surface area contributed by atoms with E-state index in [4.69, 9.17) is 4.74 Å². The molecule has 0 saturated carbocycles. The minimum Gasteiger partial charge on any atom is -0.497 e. The lowest BCUT2D eigenvalue weighted by molar-refractivity contribution is -0.139. The van der Waals surface area contributed by atoms with Gasteiger partial charge in [0.05, 0.1) is 17.7 Å². The van der Waals surface area contributed by atoms with Gasteiger partial charge in [0, 0.05) is 12.6 Å². The van der Waals surface area contributed by atoms with Gasteiger partial charge in [0.1, 0.15) is 24.2 Å². The molecule has 0 saturated heterocycles. The standard InChI is InChI=1S/C29H34FN3O5S/c1-5-21(2)31-29(35)22(3)32(19-23-12-11-13-24(18-23)38-4)28(34)20-33(27-17-10-9-16-26(27)30)39(36,37)25-14-7-6-8-15-25/h6-18,21-22H,5,19-20H2,1-4H3,(H,31,35)/t21-,22+/m1/s1. The van der Waals surface area contributed by atoms with E-state index in [1.807, 2.05) is 13.8 Å². The van der Waals surface area contributed by atoms with E-state index in [0.717, 1.165) is 10.4 Å². The second kappa shape index (κ2) is 13.2. The Bertz CT molecular complexity index is 1380. The summed E-state index contributed by atoms with van der Waals surface area (Å²) in [7, 11) is -2.81. The molecule has 8 nitrogen and oxygen atoms in total. The van der Waals surface area contributed by atoms with Crippen molar-refractivity contribution in [2.75, 3.05) is 18.0 Å². The number of carbonyl (C=O) groups is 2. The molecule has 3 aromatic carbocycles. The van der Waals surface area contributed by atoms with Crippen LogP contribution in [0.2, 0.25) is 0 Å². The van der Waals surface area contributed by atoms with Crippen LogP contribution in [-0.2, 0) is 26.2 Å². The molecule has 0 unspecified atom stereocenters. The zero-order valence-electron chi connectivity index (χ0n) is 22.5. The molecule has 0 heterocycles. The van der Waals surface area contributed by atoms with E-state index in [9.17, 15) is 22.4 Å². The van der Waals surface area contributed by atoms with Crippen molar-refractivity contribution in [3.05, 3.63) is 90.2 Å². The first-order valence-electron chi connectivity index (χ1n) is 12.6. The molecule has 0 aliphatic heterocycles. The summed E-state index contributed by atoms with van der Waals surface area (Å²) in [5.41, 5.74) is 0.405. The maximum absolute atomic E-state index is 14.9. The zero-order valence-corrected chi connectivity index (χ0v) is 23.3. The number of hydrogen-bond acceptors (Lipinski definition) is 5. The molecule has 3 rings (SSSR count). The summed E-state index contributed by atoms with van der Waals surface area (Å²) < 4.78 is 48.3. The number of benzene rings is 3. The molecule has 0 fully saturated rings. The monoisotopic (exact) mass is 555 g/mol. The number of amides is 2. The molecule has 39 heavy (non-hydrogen) atoms. The fourth-order valence-corrected chi connectivity index (χ4v) is 5.35. The van der Waals surface area contributed by atoms with Crippen LogP contribution in [0.25, 0.3) is 0 Å². The highest BCUT2D eigenvalue weighted by atomic mass is 32.2. The molecule has 10 heteroatoms. The van der Waals surface area contributed by atoms with Crippen LogP contribution in [0.5, 0.6) is 5.75 Å². The Kier molecular flexibility index (Phi) is 10.1. The lowest BCUT2D eigenvalue weighted by atomic mass is 10.1. The predicted octanol–water partition coefficient (Wildman–Crippen LogP) is 4.36. The van der Waals surface area contributed by atoms with E-state index in [1.165, 1.54) is 42.3 Å². The smallest absolute Gasteiger partial charge is 0.264 e. The summed E-state index contributed by atoms with van der Waals surface area (Å²) in [6.07, 6.45) is 0.693. The average Bonchev–Trinajstić information content (AvgIpc) is 2.95. The molecule has 0 aliphatic carbocycles. The SMILES string of the molecule is CC[C@@H](C)NC(=O)[C@H](C)N(Cc1cccc(OC)c1)C(=O)CN(c1ccccc1F)S(=O)(=O)c1ccccc1. The van der Waals surface area contributed by atoms with Crippen LogP contribution in [0.15, 0.2) is 83.8 Å². The van der Waals surface area contributed by atoms with E-state index < -0.39 is 34.3 Å². The third-order valence-electron chi connectivity index (χ3n) is 6.39. The van der Waals surface area contributed by atoms with Crippen molar-refractivity contribution in [1.29, 1.82) is 0 Å². The number of hydrogen-bond donors (Lipinski definition) is 1. The molecule has 0 bridgehead atoms. The summed E-state index contributed by atoms with van der Waals surface area (Å²) in [5, 5.41) is 2.87. The van der Waals surface area contributed by atoms with Gasteiger partial charge in [-0.25, -0.2) is 12.8 Å². The fourth-order valence-electron chi connectivity index (χ4n) is 3.90. The van der Waals surface area contributed by atoms with Gasteiger partial charge in [-0.15, -0.1) is 0 Å². The highest BCUT2D eigenvalue weighted by Crippen LogP contribution is 2.27. The molecule has 0 aliphatic rings. The van der Waals surface area contributed by atoms with Gasteiger partial charge in [0.15, 0.2) is 0 Å². The van der Waals surface area contributed by atoms with Crippen molar-refractivity contribution in [3.63, 3.8) is 0 Å². The number of carbonyl (C=O) groups excluding carboxylic acids is 2. The van der Waals surface area contributed by atoms with Crippen LogP contribution < -0.4 is 14.4 Å². The van der Waals surface area contributed by atoms with Crippen molar-refractivity contribution < 1.29 is 27.1 Å². The Labute approximate surface area is 229 Å². The van der Waals surface area contributed by atoms with Gasteiger partial charge < -0.3 is 15.0 Å². The Morgan fingerprint density at radius 1 is 0.974 bits per heavy atom. The largest absolute Gasteiger partial charge is 0.497 e. The van der Waals surface area contributed by atoms with Crippen LogP contribution in [0.3, 0.4) is 0 Å². The topological polar surface area (TPSA) is 96.0 Å². The van der Waals surface area contributed by atoms with E-state index in [0.29, 0.717) is 17.7 Å². The maximum Gasteiger partial charge on any atom is 0.264 e. The number of halogens is 1. The first-order valence-corrected chi connectivity index (χ1v) is 14.1. The number of nitrogens with zero attached hydrogens (tertiary/aromatic N) is 2. The number of ether oxygens (including phenoxy) is 1.